The summed E-state index contributed by atoms with van der Waals surface area (Å²) in [6.07, 6.45) is 3.73. The number of aryl methyl sites for hydroxylation is 3. The van der Waals surface area contributed by atoms with Crippen molar-refractivity contribution in [1.29, 1.82) is 0 Å². The van der Waals surface area contributed by atoms with Crippen molar-refractivity contribution in [2.75, 3.05) is 11.9 Å². The highest BCUT2D eigenvalue weighted by Gasteiger charge is 2.24. The van der Waals surface area contributed by atoms with Crippen LogP contribution in [0, 0.1) is 0 Å². The molecule has 10 heteroatoms. The second kappa shape index (κ2) is 10.7. The lowest BCUT2D eigenvalue weighted by atomic mass is 10.0. The average Bonchev–Trinajstić information content (AvgIpc) is 3.25. The molecule has 0 saturated heterocycles. The van der Waals surface area contributed by atoms with Gasteiger partial charge in [-0.25, -0.2) is 4.98 Å². The van der Waals surface area contributed by atoms with Gasteiger partial charge in [0.25, 0.3) is 5.91 Å². The van der Waals surface area contributed by atoms with Crippen LogP contribution in [0.2, 0.25) is 5.02 Å². The van der Waals surface area contributed by atoms with Crippen LogP contribution < -0.4 is 10.6 Å². The van der Waals surface area contributed by atoms with E-state index in [1.807, 2.05) is 6.07 Å². The molecule has 1 atom stereocenters. The third kappa shape index (κ3) is 5.37. The molecule has 0 radical (unpaired) electrons. The highest BCUT2D eigenvalue weighted by Crippen LogP contribution is 2.26. The van der Waals surface area contributed by atoms with Gasteiger partial charge in [0.15, 0.2) is 0 Å². The Bertz CT molecular complexity index is 1200. The Labute approximate surface area is 201 Å². The van der Waals surface area contributed by atoms with Crippen molar-refractivity contribution in [3.63, 3.8) is 0 Å². The Hall–Kier alpha value is -3.43. The average molecular weight is 484 g/mol. The first-order chi connectivity index (χ1) is 16.5. The van der Waals surface area contributed by atoms with Gasteiger partial charge in [0, 0.05) is 30.2 Å². The van der Waals surface area contributed by atoms with E-state index in [0.717, 1.165) is 30.9 Å². The van der Waals surface area contributed by atoms with Crippen molar-refractivity contribution in [3.8, 4) is 0 Å². The molecule has 4 rings (SSSR count). The number of fused-ring (bicyclic) bond motifs is 1. The van der Waals surface area contributed by atoms with Gasteiger partial charge < -0.3 is 20.8 Å². The summed E-state index contributed by atoms with van der Waals surface area (Å²) in [5.74, 6) is -0.691. The molecule has 1 aliphatic rings. The number of nitrogens with one attached hydrogen (secondary N) is 2. The summed E-state index contributed by atoms with van der Waals surface area (Å²) < 4.78 is 1.57. The summed E-state index contributed by atoms with van der Waals surface area (Å²) in [4.78, 5) is 29.1. The third-order valence-electron chi connectivity index (χ3n) is 5.84. The normalized spacial score (nSPS) is 13.6. The summed E-state index contributed by atoms with van der Waals surface area (Å²) in [6, 6.07) is 10.0. The summed E-state index contributed by atoms with van der Waals surface area (Å²) in [5, 5.41) is 29.9. The zero-order chi connectivity index (χ0) is 24.1. The Morgan fingerprint density at radius 2 is 2.06 bits per heavy atom. The number of carboxylic acids is 1. The molecule has 1 amide bonds. The summed E-state index contributed by atoms with van der Waals surface area (Å²) in [7, 11) is 0. The van der Waals surface area contributed by atoms with Gasteiger partial charge in [0.2, 0.25) is 0 Å². The number of pyridine rings is 1. The molecule has 178 valence electrons. The number of hydrogen-bond acceptors (Lipinski definition) is 6. The van der Waals surface area contributed by atoms with Crippen LogP contribution >= 0.6 is 11.6 Å². The minimum absolute atomic E-state index is 0.185. The van der Waals surface area contributed by atoms with Crippen LogP contribution in [0.4, 0.5) is 5.82 Å². The number of halogens is 1. The Morgan fingerprint density at radius 3 is 2.82 bits per heavy atom. The molecule has 4 N–H and O–H groups in total. The zero-order valence-electron chi connectivity index (χ0n) is 18.5. The molecule has 9 nitrogen and oxygen atoms in total. The molecule has 1 unspecified atom stereocenters. The topological polar surface area (TPSA) is 129 Å². The van der Waals surface area contributed by atoms with Gasteiger partial charge in [0.05, 0.1) is 36.5 Å². The molecule has 0 saturated carbocycles. The molecule has 34 heavy (non-hydrogen) atoms. The van der Waals surface area contributed by atoms with Gasteiger partial charge >= 0.3 is 5.97 Å². The minimum atomic E-state index is -1.07. The lowest BCUT2D eigenvalue weighted by Gasteiger charge is -2.19. The number of rotatable bonds is 9. The fourth-order valence-corrected chi connectivity index (χ4v) is 4.36. The smallest absolute Gasteiger partial charge is 0.305 e. The maximum Gasteiger partial charge on any atom is 0.305 e. The predicted molar refractivity (Wildman–Crippen MR) is 127 cm³/mol. The number of carbonyl (C=O) groups excluding carboxylic acids is 1. The van der Waals surface area contributed by atoms with E-state index in [1.54, 1.807) is 28.9 Å². The molecular formula is C24H26ClN5O4. The van der Waals surface area contributed by atoms with Gasteiger partial charge in [-0.3, -0.25) is 14.3 Å². The summed E-state index contributed by atoms with van der Waals surface area (Å²) in [6.45, 7) is 0.947. The number of hydrogen-bond donors (Lipinski definition) is 4. The number of nitrogens with zero attached hydrogens (tertiary/aromatic N) is 3. The maximum absolute atomic E-state index is 13.0. The Kier molecular flexibility index (Phi) is 7.44. The zero-order valence-corrected chi connectivity index (χ0v) is 19.3. The Balaban J connectivity index is 1.49. The van der Waals surface area contributed by atoms with Crippen LogP contribution in [0.3, 0.4) is 0 Å². The molecule has 3 heterocycles. The quantitative estimate of drug-likeness (QED) is 0.368. The van der Waals surface area contributed by atoms with E-state index < -0.39 is 24.5 Å². The summed E-state index contributed by atoms with van der Waals surface area (Å²) in [5.41, 5.74) is 3.13. The molecule has 0 fully saturated rings. The van der Waals surface area contributed by atoms with E-state index in [1.165, 1.54) is 11.8 Å². The first-order valence-electron chi connectivity index (χ1n) is 11.1. The molecular weight excluding hydrogens is 458 g/mol. The van der Waals surface area contributed by atoms with Crippen molar-refractivity contribution < 1.29 is 19.8 Å². The predicted octanol–water partition coefficient (Wildman–Crippen LogP) is 2.97. The second-order valence-corrected chi connectivity index (χ2v) is 8.53. The summed E-state index contributed by atoms with van der Waals surface area (Å²) >= 11 is 6.23. The SMILES string of the molecule is O=C(O)CC(NC(=O)c1cnn(CCc2ccc3c(n2)NCCC3)c1CO)c1ccccc1Cl. The standard InChI is InChI=1S/C24H26ClN5O4/c25-19-6-2-1-5-17(19)20(12-22(32)33)29-24(34)18-13-27-30(21(18)14-31)11-9-16-8-7-15-4-3-10-26-23(15)28-16/h1-2,5-8,13,20,31H,3-4,9-12,14H2,(H,26,28)(H,29,34)(H,32,33). The largest absolute Gasteiger partial charge is 0.481 e. The van der Waals surface area contributed by atoms with E-state index >= 15 is 0 Å². The highest BCUT2D eigenvalue weighted by atomic mass is 35.5. The van der Waals surface area contributed by atoms with Crippen molar-refractivity contribution in [2.24, 2.45) is 0 Å². The number of benzene rings is 1. The van der Waals surface area contributed by atoms with Gasteiger partial charge in [0.1, 0.15) is 5.82 Å². The van der Waals surface area contributed by atoms with E-state index in [0.29, 0.717) is 29.2 Å². The number of aliphatic hydroxyl groups is 1. The van der Waals surface area contributed by atoms with Gasteiger partial charge in [-0.2, -0.15) is 5.10 Å². The molecule has 1 aromatic carbocycles. The van der Waals surface area contributed by atoms with E-state index in [-0.39, 0.29) is 12.0 Å². The van der Waals surface area contributed by atoms with Gasteiger partial charge in [-0.1, -0.05) is 35.9 Å². The lowest BCUT2D eigenvalue weighted by Crippen LogP contribution is -2.31. The van der Waals surface area contributed by atoms with E-state index in [9.17, 15) is 19.8 Å². The third-order valence-corrected chi connectivity index (χ3v) is 6.18. The number of aliphatic carboxylic acids is 1. The number of amides is 1. The van der Waals surface area contributed by atoms with Crippen LogP contribution in [0.25, 0.3) is 0 Å². The Morgan fingerprint density at radius 1 is 1.24 bits per heavy atom. The number of aromatic nitrogens is 3. The minimum Gasteiger partial charge on any atom is -0.481 e. The first-order valence-corrected chi connectivity index (χ1v) is 11.5. The second-order valence-electron chi connectivity index (χ2n) is 8.12. The van der Waals surface area contributed by atoms with Gasteiger partial charge in [-0.05, 0) is 36.1 Å². The molecule has 2 aromatic heterocycles. The fraction of sp³-hybridized carbons (Fsp3) is 0.333. The fourth-order valence-electron chi connectivity index (χ4n) is 4.10. The molecule has 0 aliphatic carbocycles. The van der Waals surface area contributed by atoms with Crippen molar-refractivity contribution >= 4 is 29.3 Å². The number of carboxylic acid groups (broad SMARTS) is 1. The highest BCUT2D eigenvalue weighted by molar-refractivity contribution is 6.31. The van der Waals surface area contributed by atoms with Crippen molar-refractivity contribution in [1.82, 2.24) is 20.1 Å². The van der Waals surface area contributed by atoms with Crippen LogP contribution in [0.5, 0.6) is 0 Å². The number of aliphatic hydroxyl groups excluding tert-OH is 1. The van der Waals surface area contributed by atoms with Crippen LogP contribution in [-0.4, -0.2) is 43.4 Å². The van der Waals surface area contributed by atoms with Crippen LogP contribution in [-0.2, 0) is 30.8 Å². The monoisotopic (exact) mass is 483 g/mol. The first kappa shape index (κ1) is 23.7. The van der Waals surface area contributed by atoms with E-state index in [4.69, 9.17) is 11.6 Å². The molecule has 0 bridgehead atoms. The van der Waals surface area contributed by atoms with E-state index in [2.05, 4.69) is 26.8 Å². The number of anilines is 1. The number of carbonyl (C=O) groups is 2. The van der Waals surface area contributed by atoms with Crippen LogP contribution in [0.1, 0.15) is 51.8 Å². The van der Waals surface area contributed by atoms with Gasteiger partial charge in [-0.15, -0.1) is 0 Å². The molecule has 0 spiro atoms. The van der Waals surface area contributed by atoms with Crippen LogP contribution in [0.15, 0.2) is 42.6 Å². The lowest BCUT2D eigenvalue weighted by molar-refractivity contribution is -0.137. The van der Waals surface area contributed by atoms with Crippen molar-refractivity contribution in [2.45, 2.75) is 44.9 Å². The maximum atomic E-state index is 13.0. The molecule has 3 aromatic rings. The van der Waals surface area contributed by atoms with Crippen molar-refractivity contribution in [3.05, 3.63) is 75.7 Å². The molecule has 1 aliphatic heterocycles.